The van der Waals surface area contributed by atoms with Crippen LogP contribution in [0.5, 0.6) is 11.8 Å². The summed E-state index contributed by atoms with van der Waals surface area (Å²) >= 11 is 0. The number of alkyl halides is 3. The summed E-state index contributed by atoms with van der Waals surface area (Å²) in [5.41, 5.74) is -5.39. The quantitative estimate of drug-likeness (QED) is 0.814. The fourth-order valence-electron chi connectivity index (χ4n) is 2.13. The molecule has 0 saturated heterocycles. The third-order valence-electron chi connectivity index (χ3n) is 3.48. The van der Waals surface area contributed by atoms with E-state index in [9.17, 15) is 21.6 Å². The maximum absolute atomic E-state index is 12.7. The third kappa shape index (κ3) is 4.15. The van der Waals surface area contributed by atoms with Crippen LogP contribution in [0.4, 0.5) is 18.9 Å². The van der Waals surface area contributed by atoms with Gasteiger partial charge in [0.25, 0.3) is 0 Å². The molecule has 11 heteroatoms. The molecule has 0 fully saturated rings. The number of rotatable bonds is 6. The molecule has 1 heterocycles. The predicted octanol–water partition coefficient (Wildman–Crippen LogP) is 2.91. The molecule has 1 N–H and O–H groups in total. The molecule has 1 atom stereocenters. The van der Waals surface area contributed by atoms with Gasteiger partial charge in [0.05, 0.1) is 26.0 Å². The van der Waals surface area contributed by atoms with Crippen molar-refractivity contribution in [2.24, 2.45) is 0 Å². The first-order valence-electron chi connectivity index (χ1n) is 7.24. The van der Waals surface area contributed by atoms with E-state index in [1.165, 1.54) is 38.5 Å². The van der Waals surface area contributed by atoms with Crippen molar-refractivity contribution in [3.8, 4) is 11.8 Å². The highest BCUT2D eigenvalue weighted by molar-refractivity contribution is 7.93. The Morgan fingerprint density at radius 3 is 2.12 bits per heavy atom. The second-order valence-corrected chi connectivity index (χ2v) is 6.84. The molecule has 142 valence electrons. The number of nitrogens with zero attached hydrogens (tertiary/aromatic N) is 2. The molecule has 0 amide bonds. The first-order valence-corrected chi connectivity index (χ1v) is 8.72. The van der Waals surface area contributed by atoms with Crippen LogP contribution < -0.4 is 14.2 Å². The predicted molar refractivity (Wildman–Crippen MR) is 87.7 cm³/mol. The number of ether oxygens (including phenoxy) is 2. The number of para-hydroxylation sites is 1. The highest BCUT2D eigenvalue weighted by Gasteiger charge is 2.46. The Morgan fingerprint density at radius 1 is 1.08 bits per heavy atom. The van der Waals surface area contributed by atoms with Crippen LogP contribution in [0.3, 0.4) is 0 Å². The molecular formula is C15H16F3N3O4S. The maximum Gasteiger partial charge on any atom is 0.516 e. The SMILES string of the molecule is COc1cc(OC)nc(C(C)c2ccccc2NS(=O)(=O)C(F)(F)F)n1. The summed E-state index contributed by atoms with van der Waals surface area (Å²) in [7, 11) is -2.77. The van der Waals surface area contributed by atoms with Gasteiger partial charge in [0.15, 0.2) is 0 Å². The van der Waals surface area contributed by atoms with Gasteiger partial charge in [0.2, 0.25) is 11.8 Å². The molecule has 2 rings (SSSR count). The Kier molecular flexibility index (Phi) is 5.59. The van der Waals surface area contributed by atoms with Gasteiger partial charge in [-0.2, -0.15) is 31.6 Å². The Hall–Kier alpha value is -2.56. The van der Waals surface area contributed by atoms with Crippen LogP contribution in [0, 0.1) is 0 Å². The van der Waals surface area contributed by atoms with E-state index in [4.69, 9.17) is 9.47 Å². The van der Waals surface area contributed by atoms with Gasteiger partial charge in [0.1, 0.15) is 5.82 Å². The van der Waals surface area contributed by atoms with Gasteiger partial charge in [-0.15, -0.1) is 0 Å². The van der Waals surface area contributed by atoms with Crippen molar-refractivity contribution in [3.05, 3.63) is 41.7 Å². The van der Waals surface area contributed by atoms with Crippen molar-refractivity contribution in [2.75, 3.05) is 18.9 Å². The normalized spacial score (nSPS) is 13.2. The minimum atomic E-state index is -5.55. The Balaban J connectivity index is 2.47. The number of methoxy groups -OCH3 is 2. The number of aromatic nitrogens is 2. The number of hydrogen-bond donors (Lipinski definition) is 1. The van der Waals surface area contributed by atoms with Gasteiger partial charge < -0.3 is 9.47 Å². The van der Waals surface area contributed by atoms with Crippen molar-refractivity contribution in [3.63, 3.8) is 0 Å². The van der Waals surface area contributed by atoms with E-state index in [2.05, 4.69) is 9.97 Å². The molecule has 0 bridgehead atoms. The second-order valence-electron chi connectivity index (χ2n) is 5.17. The van der Waals surface area contributed by atoms with Gasteiger partial charge in [-0.25, -0.2) is 0 Å². The fraction of sp³-hybridized carbons (Fsp3) is 0.333. The first-order chi connectivity index (χ1) is 12.1. The van der Waals surface area contributed by atoms with Crippen LogP contribution >= 0.6 is 0 Å². The summed E-state index contributed by atoms with van der Waals surface area (Å²) in [6.07, 6.45) is 0. The van der Waals surface area contributed by atoms with Crippen LogP contribution in [0.25, 0.3) is 0 Å². The van der Waals surface area contributed by atoms with Crippen LogP contribution in [-0.4, -0.2) is 38.1 Å². The maximum atomic E-state index is 12.7. The zero-order chi connectivity index (χ0) is 19.5. The second kappa shape index (κ2) is 7.36. The van der Waals surface area contributed by atoms with Crippen molar-refractivity contribution in [1.29, 1.82) is 0 Å². The number of benzene rings is 1. The first kappa shape index (κ1) is 19.8. The van der Waals surface area contributed by atoms with E-state index in [0.29, 0.717) is 0 Å². The zero-order valence-corrected chi connectivity index (χ0v) is 14.9. The minimum Gasteiger partial charge on any atom is -0.481 e. The van der Waals surface area contributed by atoms with Gasteiger partial charge in [-0.05, 0) is 11.6 Å². The van der Waals surface area contributed by atoms with Crippen LogP contribution in [0.2, 0.25) is 0 Å². The number of sulfonamides is 1. The Morgan fingerprint density at radius 2 is 1.62 bits per heavy atom. The van der Waals surface area contributed by atoms with E-state index in [0.717, 1.165) is 0 Å². The van der Waals surface area contributed by atoms with Crippen LogP contribution in [0.15, 0.2) is 30.3 Å². The van der Waals surface area contributed by atoms with Gasteiger partial charge >= 0.3 is 15.5 Å². The highest BCUT2D eigenvalue weighted by atomic mass is 32.2. The molecule has 0 radical (unpaired) electrons. The molecule has 1 aromatic heterocycles. The topological polar surface area (TPSA) is 90.4 Å². The molecule has 26 heavy (non-hydrogen) atoms. The van der Waals surface area contributed by atoms with Crippen LogP contribution in [0.1, 0.15) is 24.2 Å². The molecular weight excluding hydrogens is 375 g/mol. The minimum absolute atomic E-state index is 0.194. The summed E-state index contributed by atoms with van der Waals surface area (Å²) in [5.74, 6) is -0.0508. The molecule has 1 unspecified atom stereocenters. The molecule has 2 aromatic rings. The molecule has 7 nitrogen and oxygen atoms in total. The summed E-state index contributed by atoms with van der Waals surface area (Å²) < 4.78 is 72.5. The molecule has 0 saturated carbocycles. The van der Waals surface area contributed by atoms with E-state index >= 15 is 0 Å². The lowest BCUT2D eigenvalue weighted by atomic mass is 9.98. The van der Waals surface area contributed by atoms with Crippen molar-refractivity contribution in [1.82, 2.24) is 9.97 Å². The van der Waals surface area contributed by atoms with Crippen molar-refractivity contribution >= 4 is 15.7 Å². The largest absolute Gasteiger partial charge is 0.516 e. The van der Waals surface area contributed by atoms with Gasteiger partial charge in [0, 0.05) is 5.92 Å². The third-order valence-corrected chi connectivity index (χ3v) is 4.58. The molecule has 0 aliphatic rings. The molecule has 0 aliphatic heterocycles. The van der Waals surface area contributed by atoms with Crippen LogP contribution in [-0.2, 0) is 10.0 Å². The summed E-state index contributed by atoms with van der Waals surface area (Å²) in [6, 6.07) is 7.13. The standard InChI is InChI=1S/C15H16F3N3O4S/c1-9(14-19-12(24-2)8-13(20-14)25-3)10-6-4-5-7-11(10)21-26(22,23)15(16,17)18/h4-9,21H,1-3H3. The summed E-state index contributed by atoms with van der Waals surface area (Å²) in [4.78, 5) is 8.30. The Bertz CT molecular complexity index is 866. The van der Waals surface area contributed by atoms with E-state index < -0.39 is 21.4 Å². The lowest BCUT2D eigenvalue weighted by Gasteiger charge is -2.18. The molecule has 0 aliphatic carbocycles. The fourth-order valence-corrected chi connectivity index (χ4v) is 2.72. The summed E-state index contributed by atoms with van der Waals surface area (Å²) in [5, 5.41) is 0. The molecule has 1 aromatic carbocycles. The van der Waals surface area contributed by atoms with Gasteiger partial charge in [-0.3, -0.25) is 4.72 Å². The number of halogens is 3. The van der Waals surface area contributed by atoms with Gasteiger partial charge in [-0.1, -0.05) is 25.1 Å². The number of anilines is 1. The number of hydrogen-bond acceptors (Lipinski definition) is 6. The lowest BCUT2D eigenvalue weighted by Crippen LogP contribution is -2.30. The average molecular weight is 391 g/mol. The highest BCUT2D eigenvalue weighted by Crippen LogP contribution is 2.33. The molecule has 0 spiro atoms. The summed E-state index contributed by atoms with van der Waals surface area (Å²) in [6.45, 7) is 1.62. The Labute approximate surface area is 148 Å². The lowest BCUT2D eigenvalue weighted by molar-refractivity contribution is -0.0429. The monoisotopic (exact) mass is 391 g/mol. The zero-order valence-electron chi connectivity index (χ0n) is 14.0. The smallest absolute Gasteiger partial charge is 0.481 e. The van der Waals surface area contributed by atoms with E-state index in [1.807, 2.05) is 0 Å². The van der Waals surface area contributed by atoms with E-state index in [-0.39, 0.29) is 28.8 Å². The van der Waals surface area contributed by atoms with Crippen molar-refractivity contribution < 1.29 is 31.1 Å². The number of nitrogens with one attached hydrogen (secondary N) is 1. The van der Waals surface area contributed by atoms with Crippen molar-refractivity contribution in [2.45, 2.75) is 18.3 Å². The van der Waals surface area contributed by atoms with E-state index in [1.54, 1.807) is 17.7 Å². The average Bonchev–Trinajstić information content (AvgIpc) is 2.59.